The van der Waals surface area contributed by atoms with Gasteiger partial charge in [0.25, 0.3) is 0 Å². The van der Waals surface area contributed by atoms with Crippen LogP contribution in [-0.2, 0) is 12.8 Å². The van der Waals surface area contributed by atoms with Crippen LogP contribution < -0.4 is 4.90 Å². The molecule has 0 spiro atoms. The van der Waals surface area contributed by atoms with E-state index in [1.54, 1.807) is 0 Å². The Morgan fingerprint density at radius 3 is 2.32 bits per heavy atom. The third kappa shape index (κ3) is 6.11. The lowest BCUT2D eigenvalue weighted by molar-refractivity contribution is 0.226. The number of aliphatic hydroxyl groups is 1. The topological polar surface area (TPSA) is 50.5 Å². The van der Waals surface area contributed by atoms with Crippen molar-refractivity contribution >= 4 is 28.9 Å². The summed E-state index contributed by atoms with van der Waals surface area (Å²) < 4.78 is 0. The Morgan fingerprint density at radius 2 is 1.65 bits per heavy atom. The fraction of sp³-hybridized carbons (Fsp3) is 0.321. The summed E-state index contributed by atoms with van der Waals surface area (Å²) in [7, 11) is 0. The van der Waals surface area contributed by atoms with Gasteiger partial charge >= 0.3 is 0 Å². The number of nitriles is 1. The Labute approximate surface area is 212 Å². The SMILES string of the molecule is N#Cc1ccc(CCN2CCN(c3ccc(CCCO)cc3Cl)[C@H](c3ccc(Cl)cc3)C2)cc1. The lowest BCUT2D eigenvalue weighted by atomic mass is 10.00. The minimum absolute atomic E-state index is 0.160. The highest BCUT2D eigenvalue weighted by molar-refractivity contribution is 6.33. The number of rotatable bonds is 8. The normalized spacial score (nSPS) is 16.4. The summed E-state index contributed by atoms with van der Waals surface area (Å²) in [5.74, 6) is 0. The van der Waals surface area contributed by atoms with Crippen LogP contribution in [-0.4, -0.2) is 42.8 Å². The van der Waals surface area contributed by atoms with Gasteiger partial charge in [0, 0.05) is 37.8 Å². The van der Waals surface area contributed by atoms with E-state index in [0.29, 0.717) is 5.56 Å². The third-order valence-electron chi connectivity index (χ3n) is 6.46. The molecule has 1 aliphatic heterocycles. The van der Waals surface area contributed by atoms with Crippen LogP contribution in [0.15, 0.2) is 66.7 Å². The van der Waals surface area contributed by atoms with Crippen molar-refractivity contribution in [1.82, 2.24) is 4.90 Å². The summed E-state index contributed by atoms with van der Waals surface area (Å²) in [6.45, 7) is 3.85. The molecule has 0 aromatic heterocycles. The Kier molecular flexibility index (Phi) is 8.48. The zero-order valence-electron chi connectivity index (χ0n) is 19.1. The standard InChI is InChI=1S/C28H29Cl2N3O/c29-25-10-8-24(9-11-25)28-20-32(14-13-21-3-5-23(19-31)6-4-21)15-16-33(28)27-12-7-22(2-1-17-34)18-26(27)30/h3-12,18,28,34H,1-2,13-17,20H2/t28-/m0/s1. The summed E-state index contributed by atoms with van der Waals surface area (Å²) in [5.41, 5.74) is 5.34. The first-order valence-electron chi connectivity index (χ1n) is 11.7. The number of anilines is 1. The summed E-state index contributed by atoms with van der Waals surface area (Å²) >= 11 is 12.9. The molecule has 0 unspecified atom stereocenters. The molecule has 1 aliphatic rings. The minimum atomic E-state index is 0.160. The number of nitrogens with zero attached hydrogens (tertiary/aromatic N) is 3. The number of aryl methyl sites for hydroxylation is 1. The van der Waals surface area contributed by atoms with E-state index in [-0.39, 0.29) is 12.6 Å². The van der Waals surface area contributed by atoms with E-state index in [1.165, 1.54) is 11.1 Å². The second-order valence-corrected chi connectivity index (χ2v) is 9.58. The van der Waals surface area contributed by atoms with Gasteiger partial charge in [0.15, 0.2) is 0 Å². The van der Waals surface area contributed by atoms with Gasteiger partial charge in [0.1, 0.15) is 0 Å². The van der Waals surface area contributed by atoms with Crippen molar-refractivity contribution in [2.75, 3.05) is 37.7 Å². The Morgan fingerprint density at radius 1 is 0.912 bits per heavy atom. The molecular formula is C28H29Cl2N3O. The molecule has 1 N–H and O–H groups in total. The molecule has 4 nitrogen and oxygen atoms in total. The maximum atomic E-state index is 9.13. The molecule has 1 heterocycles. The average molecular weight is 494 g/mol. The lowest BCUT2D eigenvalue weighted by Gasteiger charge is -2.43. The van der Waals surface area contributed by atoms with Gasteiger partial charge in [-0.05, 0) is 72.4 Å². The Hall–Kier alpha value is -2.55. The van der Waals surface area contributed by atoms with Crippen LogP contribution in [0.1, 0.15) is 34.7 Å². The lowest BCUT2D eigenvalue weighted by Crippen LogP contribution is -2.49. The summed E-state index contributed by atoms with van der Waals surface area (Å²) in [6, 6.07) is 24.6. The van der Waals surface area contributed by atoms with E-state index in [2.05, 4.69) is 40.1 Å². The van der Waals surface area contributed by atoms with Crippen LogP contribution in [0, 0.1) is 11.3 Å². The molecule has 0 aliphatic carbocycles. The van der Waals surface area contributed by atoms with Gasteiger partial charge in [0.2, 0.25) is 0 Å². The van der Waals surface area contributed by atoms with Crippen LogP contribution in [0.5, 0.6) is 0 Å². The number of hydrogen-bond donors (Lipinski definition) is 1. The Bertz CT molecular complexity index is 1130. The van der Waals surface area contributed by atoms with Gasteiger partial charge < -0.3 is 10.0 Å². The second-order valence-electron chi connectivity index (χ2n) is 8.73. The van der Waals surface area contributed by atoms with Crippen molar-refractivity contribution in [3.8, 4) is 6.07 Å². The molecule has 0 radical (unpaired) electrons. The molecule has 176 valence electrons. The molecule has 3 aromatic rings. The van der Waals surface area contributed by atoms with Crippen molar-refractivity contribution in [2.45, 2.75) is 25.3 Å². The monoisotopic (exact) mass is 493 g/mol. The van der Waals surface area contributed by atoms with Crippen LogP contribution in [0.4, 0.5) is 5.69 Å². The minimum Gasteiger partial charge on any atom is -0.396 e. The van der Waals surface area contributed by atoms with E-state index in [4.69, 9.17) is 33.6 Å². The highest BCUT2D eigenvalue weighted by Gasteiger charge is 2.29. The van der Waals surface area contributed by atoms with E-state index in [0.717, 1.165) is 66.7 Å². The number of halogens is 2. The zero-order chi connectivity index (χ0) is 23.9. The molecule has 0 amide bonds. The smallest absolute Gasteiger partial charge is 0.0991 e. The van der Waals surface area contributed by atoms with E-state index >= 15 is 0 Å². The van der Waals surface area contributed by atoms with Crippen LogP contribution in [0.25, 0.3) is 0 Å². The third-order valence-corrected chi connectivity index (χ3v) is 7.02. The quantitative estimate of drug-likeness (QED) is 0.424. The largest absolute Gasteiger partial charge is 0.396 e. The molecule has 6 heteroatoms. The second kappa shape index (κ2) is 11.7. The van der Waals surface area contributed by atoms with Crippen molar-refractivity contribution in [3.05, 3.63) is 99.0 Å². The maximum absolute atomic E-state index is 9.13. The Balaban J connectivity index is 1.52. The zero-order valence-corrected chi connectivity index (χ0v) is 20.6. The number of benzene rings is 3. The highest BCUT2D eigenvalue weighted by atomic mass is 35.5. The highest BCUT2D eigenvalue weighted by Crippen LogP contribution is 2.36. The molecule has 0 saturated carbocycles. The number of piperazine rings is 1. The van der Waals surface area contributed by atoms with Gasteiger partial charge in [-0.3, -0.25) is 4.90 Å². The van der Waals surface area contributed by atoms with Crippen molar-refractivity contribution < 1.29 is 5.11 Å². The van der Waals surface area contributed by atoms with E-state index in [1.807, 2.05) is 42.5 Å². The molecule has 0 bridgehead atoms. The van der Waals surface area contributed by atoms with Crippen LogP contribution in [0.3, 0.4) is 0 Å². The fourth-order valence-corrected chi connectivity index (χ4v) is 4.99. The fourth-order valence-electron chi connectivity index (χ4n) is 4.56. The first-order chi connectivity index (χ1) is 16.6. The molecule has 1 saturated heterocycles. The summed E-state index contributed by atoms with van der Waals surface area (Å²) in [5, 5.41) is 19.6. The van der Waals surface area contributed by atoms with Crippen molar-refractivity contribution in [1.29, 1.82) is 5.26 Å². The van der Waals surface area contributed by atoms with E-state index < -0.39 is 0 Å². The molecule has 34 heavy (non-hydrogen) atoms. The predicted octanol–water partition coefficient (Wildman–Crippen LogP) is 5.90. The molecule has 1 atom stereocenters. The number of hydrogen-bond acceptors (Lipinski definition) is 4. The summed E-state index contributed by atoms with van der Waals surface area (Å²) in [6.07, 6.45) is 2.50. The van der Waals surface area contributed by atoms with Crippen molar-refractivity contribution in [3.63, 3.8) is 0 Å². The van der Waals surface area contributed by atoms with Gasteiger partial charge in [-0.2, -0.15) is 5.26 Å². The first-order valence-corrected chi connectivity index (χ1v) is 12.5. The maximum Gasteiger partial charge on any atom is 0.0991 e. The predicted molar refractivity (Wildman–Crippen MR) is 140 cm³/mol. The van der Waals surface area contributed by atoms with Gasteiger partial charge in [-0.25, -0.2) is 0 Å². The van der Waals surface area contributed by atoms with Crippen LogP contribution >= 0.6 is 23.2 Å². The average Bonchev–Trinajstić information content (AvgIpc) is 2.87. The van der Waals surface area contributed by atoms with Crippen LogP contribution in [0.2, 0.25) is 10.0 Å². The van der Waals surface area contributed by atoms with Crippen molar-refractivity contribution in [2.24, 2.45) is 0 Å². The molecule has 1 fully saturated rings. The molecule has 4 rings (SSSR count). The van der Waals surface area contributed by atoms with Gasteiger partial charge in [-0.15, -0.1) is 0 Å². The number of aliphatic hydroxyl groups excluding tert-OH is 1. The van der Waals surface area contributed by atoms with Gasteiger partial charge in [-0.1, -0.05) is 53.5 Å². The molecular weight excluding hydrogens is 465 g/mol. The van der Waals surface area contributed by atoms with E-state index in [9.17, 15) is 0 Å². The van der Waals surface area contributed by atoms with Gasteiger partial charge in [0.05, 0.1) is 28.4 Å². The summed E-state index contributed by atoms with van der Waals surface area (Å²) in [4.78, 5) is 4.90. The first kappa shape index (κ1) is 24.6. The molecule has 3 aromatic carbocycles.